The predicted molar refractivity (Wildman–Crippen MR) is 50.0 cm³/mol. The molecule has 1 rings (SSSR count). The number of carbonyl (C=O) groups is 1. The predicted octanol–water partition coefficient (Wildman–Crippen LogP) is 3.05. The summed E-state index contributed by atoms with van der Waals surface area (Å²) in [6.07, 6.45) is -4.94. The summed E-state index contributed by atoms with van der Waals surface area (Å²) in [7, 11) is 0. The maximum Gasteiger partial charge on any atom is 0.490 e. The van der Waals surface area contributed by atoms with Crippen molar-refractivity contribution >= 4 is 21.9 Å². The summed E-state index contributed by atoms with van der Waals surface area (Å²) in [6, 6.07) is 6.43. The Balaban J connectivity index is 2.51. The SMILES string of the molecule is O=C(OCc1ccc(Br)cc1)C(F)(F)F. The molecule has 0 aliphatic rings. The number of benzene rings is 1. The first kappa shape index (κ1) is 12.0. The quantitative estimate of drug-likeness (QED) is 0.780. The molecule has 0 radical (unpaired) electrons. The van der Waals surface area contributed by atoms with Gasteiger partial charge in [-0.3, -0.25) is 0 Å². The van der Waals surface area contributed by atoms with E-state index in [2.05, 4.69) is 20.7 Å². The van der Waals surface area contributed by atoms with Crippen LogP contribution in [0.1, 0.15) is 5.56 Å². The van der Waals surface area contributed by atoms with Gasteiger partial charge in [-0.15, -0.1) is 0 Å². The van der Waals surface area contributed by atoms with Crippen LogP contribution < -0.4 is 0 Å². The molecule has 0 spiro atoms. The van der Waals surface area contributed by atoms with Gasteiger partial charge in [-0.25, -0.2) is 4.79 Å². The number of ether oxygens (including phenoxy) is 1. The molecule has 0 heterocycles. The maximum absolute atomic E-state index is 11.7. The van der Waals surface area contributed by atoms with Gasteiger partial charge in [0.05, 0.1) is 0 Å². The number of esters is 1. The summed E-state index contributed by atoms with van der Waals surface area (Å²) in [4.78, 5) is 10.3. The van der Waals surface area contributed by atoms with Crippen molar-refractivity contribution in [2.45, 2.75) is 12.8 Å². The van der Waals surface area contributed by atoms with Crippen LogP contribution in [-0.4, -0.2) is 12.1 Å². The number of carbonyl (C=O) groups excluding carboxylic acids is 1. The first-order valence-corrected chi connectivity index (χ1v) is 4.67. The lowest BCUT2D eigenvalue weighted by atomic mass is 10.2. The van der Waals surface area contributed by atoms with E-state index in [9.17, 15) is 18.0 Å². The Morgan fingerprint density at radius 3 is 2.27 bits per heavy atom. The highest BCUT2D eigenvalue weighted by atomic mass is 79.9. The maximum atomic E-state index is 11.7. The van der Waals surface area contributed by atoms with E-state index in [0.29, 0.717) is 5.56 Å². The van der Waals surface area contributed by atoms with Gasteiger partial charge in [0.1, 0.15) is 6.61 Å². The number of halogens is 4. The molecule has 1 aromatic rings. The van der Waals surface area contributed by atoms with Gasteiger partial charge < -0.3 is 4.74 Å². The molecule has 0 atom stereocenters. The van der Waals surface area contributed by atoms with E-state index in [-0.39, 0.29) is 6.61 Å². The van der Waals surface area contributed by atoms with Crippen molar-refractivity contribution in [1.29, 1.82) is 0 Å². The zero-order valence-corrected chi connectivity index (χ0v) is 8.93. The molecule has 1 aromatic carbocycles. The summed E-state index contributed by atoms with van der Waals surface area (Å²) in [6.45, 7) is -0.383. The molecule has 0 saturated heterocycles. The van der Waals surface area contributed by atoms with Crippen LogP contribution >= 0.6 is 15.9 Å². The fourth-order valence-corrected chi connectivity index (χ4v) is 1.08. The van der Waals surface area contributed by atoms with Crippen LogP contribution in [0, 0.1) is 0 Å². The minimum absolute atomic E-state index is 0.383. The van der Waals surface area contributed by atoms with Crippen molar-refractivity contribution in [1.82, 2.24) is 0 Å². The normalized spacial score (nSPS) is 11.2. The lowest BCUT2D eigenvalue weighted by Crippen LogP contribution is -2.25. The van der Waals surface area contributed by atoms with Crippen LogP contribution in [0.25, 0.3) is 0 Å². The molecular weight excluding hydrogens is 277 g/mol. The molecule has 0 saturated carbocycles. The van der Waals surface area contributed by atoms with Gasteiger partial charge in [0.2, 0.25) is 0 Å². The Kier molecular flexibility index (Phi) is 3.73. The number of alkyl halides is 3. The van der Waals surface area contributed by atoms with E-state index < -0.39 is 12.1 Å². The minimum Gasteiger partial charge on any atom is -0.454 e. The highest BCUT2D eigenvalue weighted by Gasteiger charge is 2.40. The van der Waals surface area contributed by atoms with Gasteiger partial charge in [-0.05, 0) is 17.7 Å². The van der Waals surface area contributed by atoms with E-state index in [4.69, 9.17) is 0 Å². The molecule has 6 heteroatoms. The number of rotatable bonds is 2. The molecule has 0 aliphatic carbocycles. The van der Waals surface area contributed by atoms with Crippen molar-refractivity contribution in [3.8, 4) is 0 Å². The second-order valence-corrected chi connectivity index (χ2v) is 3.62. The molecule has 15 heavy (non-hydrogen) atoms. The van der Waals surface area contributed by atoms with Crippen LogP contribution in [0.3, 0.4) is 0 Å². The van der Waals surface area contributed by atoms with Gasteiger partial charge in [-0.2, -0.15) is 13.2 Å². The highest BCUT2D eigenvalue weighted by Crippen LogP contribution is 2.18. The standard InChI is InChI=1S/C9H6BrF3O2/c10-7-3-1-6(2-4-7)5-15-8(14)9(11,12)13/h1-4H,5H2. The fraction of sp³-hybridized carbons (Fsp3) is 0.222. The summed E-state index contributed by atoms with van der Waals surface area (Å²) in [5, 5.41) is 0. The monoisotopic (exact) mass is 282 g/mol. The van der Waals surface area contributed by atoms with Crippen LogP contribution in [0.15, 0.2) is 28.7 Å². The fourth-order valence-electron chi connectivity index (χ4n) is 0.811. The smallest absolute Gasteiger partial charge is 0.454 e. The Morgan fingerprint density at radius 2 is 1.80 bits per heavy atom. The topological polar surface area (TPSA) is 26.3 Å². The first-order valence-electron chi connectivity index (χ1n) is 3.88. The minimum atomic E-state index is -4.94. The van der Waals surface area contributed by atoms with Crippen molar-refractivity contribution < 1.29 is 22.7 Å². The van der Waals surface area contributed by atoms with Crippen molar-refractivity contribution in [3.05, 3.63) is 34.3 Å². The molecule has 0 aromatic heterocycles. The Labute approximate surface area is 92.2 Å². The van der Waals surface area contributed by atoms with Gasteiger partial charge in [0.15, 0.2) is 0 Å². The molecule has 0 bridgehead atoms. The van der Waals surface area contributed by atoms with E-state index >= 15 is 0 Å². The van der Waals surface area contributed by atoms with Gasteiger partial charge in [-0.1, -0.05) is 28.1 Å². The second kappa shape index (κ2) is 4.65. The lowest BCUT2D eigenvalue weighted by molar-refractivity contribution is -0.201. The lowest BCUT2D eigenvalue weighted by Gasteiger charge is -2.06. The molecule has 0 N–H and O–H groups in total. The molecule has 0 fully saturated rings. The Morgan fingerprint density at radius 1 is 1.27 bits per heavy atom. The Hall–Kier alpha value is -1.04. The Bertz CT molecular complexity index is 345. The van der Waals surface area contributed by atoms with Gasteiger partial charge in [0.25, 0.3) is 0 Å². The molecule has 82 valence electrons. The van der Waals surface area contributed by atoms with Crippen molar-refractivity contribution in [3.63, 3.8) is 0 Å². The third kappa shape index (κ3) is 3.91. The van der Waals surface area contributed by atoms with Crippen LogP contribution in [0.5, 0.6) is 0 Å². The summed E-state index contributed by atoms with van der Waals surface area (Å²) in [5.74, 6) is -2.18. The number of hydrogen-bond donors (Lipinski definition) is 0. The zero-order valence-electron chi connectivity index (χ0n) is 7.34. The molecule has 2 nitrogen and oxygen atoms in total. The molecule has 0 amide bonds. The molecule has 0 unspecified atom stereocenters. The van der Waals surface area contributed by atoms with Crippen molar-refractivity contribution in [2.24, 2.45) is 0 Å². The van der Waals surface area contributed by atoms with E-state index in [1.807, 2.05) is 0 Å². The van der Waals surface area contributed by atoms with Crippen LogP contribution in [0.4, 0.5) is 13.2 Å². The second-order valence-electron chi connectivity index (χ2n) is 2.70. The van der Waals surface area contributed by atoms with E-state index in [1.54, 1.807) is 24.3 Å². The summed E-state index contributed by atoms with van der Waals surface area (Å²) in [5.41, 5.74) is 0.496. The number of hydrogen-bond acceptors (Lipinski definition) is 2. The van der Waals surface area contributed by atoms with E-state index in [0.717, 1.165) is 4.47 Å². The summed E-state index contributed by atoms with van der Waals surface area (Å²) >= 11 is 3.17. The van der Waals surface area contributed by atoms with Gasteiger partial charge >= 0.3 is 12.1 Å². The average Bonchev–Trinajstić information content (AvgIpc) is 2.15. The average molecular weight is 283 g/mol. The summed E-state index contributed by atoms with van der Waals surface area (Å²) < 4.78 is 40.1. The van der Waals surface area contributed by atoms with E-state index in [1.165, 1.54) is 0 Å². The largest absolute Gasteiger partial charge is 0.490 e. The third-order valence-electron chi connectivity index (χ3n) is 1.51. The molecule has 0 aliphatic heterocycles. The van der Waals surface area contributed by atoms with Crippen molar-refractivity contribution in [2.75, 3.05) is 0 Å². The van der Waals surface area contributed by atoms with Gasteiger partial charge in [0, 0.05) is 4.47 Å². The molecular formula is C9H6BrF3O2. The highest BCUT2D eigenvalue weighted by molar-refractivity contribution is 9.10. The third-order valence-corrected chi connectivity index (χ3v) is 2.04. The zero-order chi connectivity index (χ0) is 11.5. The first-order chi connectivity index (χ1) is 6.89. The van der Waals surface area contributed by atoms with Crippen LogP contribution in [0.2, 0.25) is 0 Å². The van der Waals surface area contributed by atoms with Crippen LogP contribution in [-0.2, 0) is 16.1 Å².